The molecule has 8 nitrogen and oxygen atoms in total. The van der Waals surface area contributed by atoms with Gasteiger partial charge in [-0.15, -0.1) is 0 Å². The standard InChI is InChI=1S/C28H27BrN2O6/c1-30-20-5-3-7-22(32)26(20)25(27-21(30)6-4-8-23(27)33)17-13-19(29)28(24(14-17)36-2)37-15-16-9-11-18(12-10-16)31(34)35/h9-14,25H,3-8,15H2,1-2H3. The molecule has 0 saturated heterocycles. The van der Waals surface area contributed by atoms with E-state index in [4.69, 9.17) is 9.47 Å². The van der Waals surface area contributed by atoms with E-state index in [0.29, 0.717) is 28.8 Å². The van der Waals surface area contributed by atoms with E-state index in [1.54, 1.807) is 19.2 Å². The quantitative estimate of drug-likeness (QED) is 0.313. The topological polar surface area (TPSA) is 99.0 Å². The molecule has 3 aliphatic rings. The number of hydrogen-bond donors (Lipinski definition) is 0. The molecule has 0 amide bonds. The van der Waals surface area contributed by atoms with Gasteiger partial charge in [0.1, 0.15) is 6.61 Å². The zero-order chi connectivity index (χ0) is 26.3. The predicted octanol–water partition coefficient (Wildman–Crippen LogP) is 5.99. The van der Waals surface area contributed by atoms with Gasteiger partial charge in [-0.2, -0.15) is 0 Å². The first-order valence-electron chi connectivity index (χ1n) is 12.3. The summed E-state index contributed by atoms with van der Waals surface area (Å²) in [5, 5.41) is 10.9. The van der Waals surface area contributed by atoms with Crippen LogP contribution in [0.3, 0.4) is 0 Å². The average molecular weight is 567 g/mol. The number of allylic oxidation sites excluding steroid dienone is 4. The van der Waals surface area contributed by atoms with Gasteiger partial charge in [0.2, 0.25) is 0 Å². The van der Waals surface area contributed by atoms with Crippen LogP contribution in [0.5, 0.6) is 11.5 Å². The van der Waals surface area contributed by atoms with Crippen LogP contribution in [-0.4, -0.2) is 35.5 Å². The Morgan fingerprint density at radius 1 is 1.00 bits per heavy atom. The van der Waals surface area contributed by atoms with Gasteiger partial charge in [0.05, 0.1) is 16.5 Å². The highest BCUT2D eigenvalue weighted by atomic mass is 79.9. The van der Waals surface area contributed by atoms with Crippen molar-refractivity contribution in [1.29, 1.82) is 0 Å². The third kappa shape index (κ3) is 4.56. The van der Waals surface area contributed by atoms with Crippen LogP contribution in [0.15, 0.2) is 63.4 Å². The van der Waals surface area contributed by atoms with E-state index in [1.165, 1.54) is 12.1 Å². The maximum atomic E-state index is 13.2. The van der Waals surface area contributed by atoms with Gasteiger partial charge in [0.15, 0.2) is 23.1 Å². The van der Waals surface area contributed by atoms with Crippen LogP contribution in [0.4, 0.5) is 5.69 Å². The van der Waals surface area contributed by atoms with Crippen molar-refractivity contribution in [2.24, 2.45) is 0 Å². The van der Waals surface area contributed by atoms with Crippen LogP contribution in [0.2, 0.25) is 0 Å². The Balaban J connectivity index is 1.53. The van der Waals surface area contributed by atoms with Crippen LogP contribution >= 0.6 is 15.9 Å². The molecule has 0 bridgehead atoms. The fourth-order valence-corrected chi connectivity index (χ4v) is 6.18. The minimum atomic E-state index is -0.443. The molecule has 5 rings (SSSR count). The molecule has 1 aliphatic heterocycles. The second-order valence-electron chi connectivity index (χ2n) is 9.51. The molecule has 0 fully saturated rings. The van der Waals surface area contributed by atoms with E-state index < -0.39 is 10.8 Å². The zero-order valence-electron chi connectivity index (χ0n) is 20.7. The van der Waals surface area contributed by atoms with E-state index in [1.807, 2.05) is 19.2 Å². The number of benzene rings is 2. The van der Waals surface area contributed by atoms with E-state index in [0.717, 1.165) is 59.4 Å². The Bertz CT molecular complexity index is 1320. The molecule has 1 heterocycles. The highest BCUT2D eigenvalue weighted by Crippen LogP contribution is 2.50. The van der Waals surface area contributed by atoms with Crippen molar-refractivity contribution in [2.45, 2.75) is 51.0 Å². The third-order valence-corrected chi connectivity index (χ3v) is 7.95. The molecule has 192 valence electrons. The van der Waals surface area contributed by atoms with Crippen LogP contribution in [0, 0.1) is 10.1 Å². The molecule has 0 saturated carbocycles. The summed E-state index contributed by atoms with van der Waals surface area (Å²) in [6, 6.07) is 9.93. The van der Waals surface area contributed by atoms with E-state index in [-0.39, 0.29) is 23.9 Å². The predicted molar refractivity (Wildman–Crippen MR) is 140 cm³/mol. The highest BCUT2D eigenvalue weighted by Gasteiger charge is 2.42. The van der Waals surface area contributed by atoms with Crippen LogP contribution in [0.1, 0.15) is 55.6 Å². The van der Waals surface area contributed by atoms with Crippen molar-refractivity contribution in [3.8, 4) is 11.5 Å². The molecule has 0 spiro atoms. The lowest BCUT2D eigenvalue weighted by Gasteiger charge is -2.42. The summed E-state index contributed by atoms with van der Waals surface area (Å²) in [5.74, 6) is 0.704. The Morgan fingerprint density at radius 2 is 1.59 bits per heavy atom. The summed E-state index contributed by atoms with van der Waals surface area (Å²) in [6.07, 6.45) is 4.21. The molecule has 0 N–H and O–H groups in total. The monoisotopic (exact) mass is 566 g/mol. The van der Waals surface area contributed by atoms with Gasteiger partial charge in [-0.3, -0.25) is 19.7 Å². The fraction of sp³-hybridized carbons (Fsp3) is 0.357. The SMILES string of the molecule is COc1cc(C2C3=C(CCCC3=O)N(C)C3=C2C(=O)CCC3)cc(Br)c1OCc1ccc([N+](=O)[O-])cc1. The molecular weight excluding hydrogens is 540 g/mol. The van der Waals surface area contributed by atoms with Gasteiger partial charge in [0, 0.05) is 60.5 Å². The number of nitro groups is 1. The van der Waals surface area contributed by atoms with Crippen molar-refractivity contribution in [3.05, 3.63) is 84.7 Å². The van der Waals surface area contributed by atoms with E-state index in [9.17, 15) is 19.7 Å². The van der Waals surface area contributed by atoms with Gasteiger partial charge in [0.25, 0.3) is 5.69 Å². The smallest absolute Gasteiger partial charge is 0.269 e. The third-order valence-electron chi connectivity index (χ3n) is 7.36. The van der Waals surface area contributed by atoms with Crippen molar-refractivity contribution < 1.29 is 24.0 Å². The second kappa shape index (κ2) is 10.1. The van der Waals surface area contributed by atoms with Crippen molar-refractivity contribution in [1.82, 2.24) is 4.90 Å². The lowest BCUT2D eigenvalue weighted by atomic mass is 9.71. The van der Waals surface area contributed by atoms with E-state index in [2.05, 4.69) is 20.8 Å². The number of ether oxygens (including phenoxy) is 2. The summed E-state index contributed by atoms with van der Waals surface area (Å²) in [6.45, 7) is 0.183. The molecule has 0 aromatic heterocycles. The number of hydrogen-bond acceptors (Lipinski definition) is 7. The summed E-state index contributed by atoms with van der Waals surface area (Å²) < 4.78 is 12.4. The Kier molecular flexibility index (Phi) is 6.90. The summed E-state index contributed by atoms with van der Waals surface area (Å²) in [4.78, 5) is 39.0. The highest BCUT2D eigenvalue weighted by molar-refractivity contribution is 9.10. The largest absolute Gasteiger partial charge is 0.493 e. The Labute approximate surface area is 223 Å². The summed E-state index contributed by atoms with van der Waals surface area (Å²) in [7, 11) is 3.52. The van der Waals surface area contributed by atoms with Crippen molar-refractivity contribution in [2.75, 3.05) is 14.2 Å². The lowest BCUT2D eigenvalue weighted by molar-refractivity contribution is -0.384. The van der Waals surface area contributed by atoms with Crippen molar-refractivity contribution in [3.63, 3.8) is 0 Å². The maximum absolute atomic E-state index is 13.2. The van der Waals surface area contributed by atoms with Crippen LogP contribution in [-0.2, 0) is 16.2 Å². The van der Waals surface area contributed by atoms with Gasteiger partial charge < -0.3 is 14.4 Å². The molecule has 2 aromatic carbocycles. The molecule has 0 unspecified atom stereocenters. The summed E-state index contributed by atoms with van der Waals surface area (Å²) in [5.41, 5.74) is 5.06. The van der Waals surface area contributed by atoms with Gasteiger partial charge in [-0.1, -0.05) is 0 Å². The first-order chi connectivity index (χ1) is 17.8. The average Bonchev–Trinajstić information content (AvgIpc) is 2.89. The first-order valence-corrected chi connectivity index (χ1v) is 13.1. The number of Topliss-reactive ketones (excluding diaryl/α,β-unsaturated/α-hetero) is 2. The van der Waals surface area contributed by atoms with Crippen molar-refractivity contribution >= 4 is 33.2 Å². The minimum absolute atomic E-state index is 0.0156. The Hall–Kier alpha value is -3.46. The summed E-state index contributed by atoms with van der Waals surface area (Å²) >= 11 is 3.62. The first kappa shape index (κ1) is 25.2. The second-order valence-corrected chi connectivity index (χ2v) is 10.4. The minimum Gasteiger partial charge on any atom is -0.493 e. The number of carbonyl (C=O) groups is 2. The number of methoxy groups -OCH3 is 1. The molecule has 37 heavy (non-hydrogen) atoms. The number of rotatable bonds is 6. The number of nitrogens with zero attached hydrogens (tertiary/aromatic N) is 2. The number of halogens is 1. The molecule has 0 radical (unpaired) electrons. The molecule has 2 aliphatic carbocycles. The van der Waals surface area contributed by atoms with Gasteiger partial charge in [-0.05, 0) is 77.0 Å². The molecule has 2 aromatic rings. The van der Waals surface area contributed by atoms with Crippen LogP contribution in [0.25, 0.3) is 0 Å². The normalized spacial score (nSPS) is 18.1. The maximum Gasteiger partial charge on any atom is 0.269 e. The number of carbonyl (C=O) groups excluding carboxylic acids is 2. The Morgan fingerprint density at radius 3 is 2.14 bits per heavy atom. The van der Waals surface area contributed by atoms with E-state index >= 15 is 0 Å². The van der Waals surface area contributed by atoms with Gasteiger partial charge >= 0.3 is 0 Å². The molecule has 9 heteroatoms. The molecule has 0 atom stereocenters. The molecular formula is C28H27BrN2O6. The van der Waals surface area contributed by atoms with Gasteiger partial charge in [-0.25, -0.2) is 0 Å². The number of non-ortho nitro benzene ring substituents is 1. The van der Waals surface area contributed by atoms with Crippen LogP contribution < -0.4 is 9.47 Å². The zero-order valence-corrected chi connectivity index (χ0v) is 22.3. The number of ketones is 2. The fourth-order valence-electron chi connectivity index (χ4n) is 5.60. The number of nitro benzene ring substituents is 1. The lowest BCUT2D eigenvalue weighted by Crippen LogP contribution is -2.37.